The molecule has 3 aliphatic rings. The molecule has 0 atom stereocenters. The van der Waals surface area contributed by atoms with E-state index in [2.05, 4.69) is 12.2 Å². The molecule has 4 rings (SSSR count). The molecule has 196 valence electrons. The highest BCUT2D eigenvalue weighted by Gasteiger charge is 2.48. The molecular weight excluding hydrogens is 478 g/mol. The van der Waals surface area contributed by atoms with Crippen LogP contribution in [0.3, 0.4) is 0 Å². The number of urea groups is 1. The molecule has 36 heavy (non-hydrogen) atoms. The number of sulfonamides is 1. The molecule has 10 heteroatoms. The number of carbonyl (C=O) groups is 2. The second kappa shape index (κ2) is 10.3. The minimum absolute atomic E-state index is 0.0858. The van der Waals surface area contributed by atoms with E-state index in [0.29, 0.717) is 30.9 Å². The maximum Gasteiger partial charge on any atom is 0.318 e. The minimum atomic E-state index is -3.66. The Morgan fingerprint density at radius 2 is 1.92 bits per heavy atom. The first-order valence-corrected chi connectivity index (χ1v) is 14.3. The van der Waals surface area contributed by atoms with Crippen molar-refractivity contribution in [1.82, 2.24) is 9.62 Å². The number of anilines is 1. The van der Waals surface area contributed by atoms with E-state index in [1.807, 2.05) is 13.0 Å². The van der Waals surface area contributed by atoms with E-state index >= 15 is 0 Å². The monoisotopic (exact) mass is 515 g/mol. The zero-order valence-electron chi connectivity index (χ0n) is 21.4. The van der Waals surface area contributed by atoms with Gasteiger partial charge in [-0.25, -0.2) is 13.2 Å². The first-order chi connectivity index (χ1) is 17.0. The van der Waals surface area contributed by atoms with Gasteiger partial charge >= 0.3 is 6.03 Å². The van der Waals surface area contributed by atoms with Crippen molar-refractivity contribution in [3.05, 3.63) is 34.7 Å². The predicted molar refractivity (Wildman–Crippen MR) is 142 cm³/mol. The van der Waals surface area contributed by atoms with Gasteiger partial charge in [0.05, 0.1) is 0 Å². The highest BCUT2D eigenvalue weighted by molar-refractivity contribution is 7.92. The molecule has 1 saturated carbocycles. The van der Waals surface area contributed by atoms with Crippen molar-refractivity contribution in [3.8, 4) is 0 Å². The standard InChI is InChI=1S/C26H37N5O4S/c1-4-19-17-22(30(3)25(27)33)10-9-20(19)11-16-36(34,35)31-14-12-26(13-15-31)24(32)28-23(29-26)21-7-5-18(2)6-8-21/h9-11,16-18,21H,4-8,12-15H2,1-3H3,(H2,27,33)(H,28,29,32)/b16-11+. The van der Waals surface area contributed by atoms with Crippen LogP contribution in [0.25, 0.3) is 6.08 Å². The lowest BCUT2D eigenvalue weighted by molar-refractivity contribution is -0.125. The number of hydrogen-bond donors (Lipinski definition) is 2. The highest BCUT2D eigenvalue weighted by atomic mass is 32.2. The Bertz CT molecular complexity index is 1180. The zero-order chi connectivity index (χ0) is 26.1. The fourth-order valence-corrected chi connectivity index (χ4v) is 6.54. The van der Waals surface area contributed by atoms with E-state index in [0.717, 1.165) is 48.6 Å². The summed E-state index contributed by atoms with van der Waals surface area (Å²) in [6, 6.07) is 4.80. The van der Waals surface area contributed by atoms with Crippen molar-refractivity contribution in [1.29, 1.82) is 0 Å². The second-order valence-corrected chi connectivity index (χ2v) is 12.1. The molecule has 0 radical (unpaired) electrons. The molecule has 1 saturated heterocycles. The van der Waals surface area contributed by atoms with Gasteiger partial charge in [-0.3, -0.25) is 14.7 Å². The Labute approximate surface area is 213 Å². The van der Waals surface area contributed by atoms with E-state index < -0.39 is 21.6 Å². The van der Waals surface area contributed by atoms with Crippen molar-refractivity contribution < 1.29 is 18.0 Å². The summed E-state index contributed by atoms with van der Waals surface area (Å²) in [5.41, 5.74) is 6.84. The van der Waals surface area contributed by atoms with Gasteiger partial charge in [-0.05, 0) is 67.4 Å². The summed E-state index contributed by atoms with van der Waals surface area (Å²) in [6.45, 7) is 4.73. The smallest absolute Gasteiger partial charge is 0.318 e. The average molecular weight is 516 g/mol. The van der Waals surface area contributed by atoms with Crippen molar-refractivity contribution in [2.75, 3.05) is 25.0 Å². The Balaban J connectivity index is 1.43. The van der Waals surface area contributed by atoms with E-state index in [1.165, 1.54) is 14.6 Å². The molecule has 2 fully saturated rings. The number of piperidine rings is 1. The number of aliphatic imine (C=N–C) groups is 1. The summed E-state index contributed by atoms with van der Waals surface area (Å²) < 4.78 is 27.6. The summed E-state index contributed by atoms with van der Waals surface area (Å²) >= 11 is 0. The number of aryl methyl sites for hydroxylation is 1. The molecule has 2 heterocycles. The SMILES string of the molecule is CCc1cc(N(C)C(N)=O)ccc1/C=C/S(=O)(=O)N1CCC2(CC1)N=C(C1CCC(C)CC1)NC2=O. The lowest BCUT2D eigenvalue weighted by Gasteiger charge is -2.34. The number of nitrogens with one attached hydrogen (secondary N) is 1. The van der Waals surface area contributed by atoms with Gasteiger partial charge in [0.25, 0.3) is 5.91 Å². The lowest BCUT2D eigenvalue weighted by atomic mass is 9.82. The van der Waals surface area contributed by atoms with E-state index in [-0.39, 0.29) is 19.0 Å². The van der Waals surface area contributed by atoms with Crippen LogP contribution < -0.4 is 16.0 Å². The molecule has 0 aromatic heterocycles. The Morgan fingerprint density at radius 3 is 2.53 bits per heavy atom. The molecule has 1 aromatic carbocycles. The molecule has 1 aliphatic carbocycles. The normalized spacial score (nSPS) is 24.6. The van der Waals surface area contributed by atoms with Gasteiger partial charge in [-0.15, -0.1) is 0 Å². The first-order valence-electron chi connectivity index (χ1n) is 12.8. The first kappa shape index (κ1) is 26.3. The third-order valence-corrected chi connectivity index (χ3v) is 9.52. The number of nitrogens with two attached hydrogens (primary N) is 1. The maximum atomic E-state index is 13.1. The summed E-state index contributed by atoms with van der Waals surface area (Å²) in [7, 11) is -2.07. The van der Waals surface area contributed by atoms with Gasteiger partial charge in [-0.2, -0.15) is 4.31 Å². The topological polar surface area (TPSA) is 125 Å². The van der Waals surface area contributed by atoms with Gasteiger partial charge in [0, 0.05) is 37.2 Å². The van der Waals surface area contributed by atoms with Crippen LogP contribution in [0.15, 0.2) is 28.6 Å². The molecule has 0 bridgehead atoms. The zero-order valence-corrected chi connectivity index (χ0v) is 22.2. The summed E-state index contributed by atoms with van der Waals surface area (Å²) in [5, 5.41) is 4.25. The number of primary amides is 1. The van der Waals surface area contributed by atoms with Crippen molar-refractivity contribution in [2.45, 2.75) is 64.3 Å². The molecular formula is C26H37N5O4S. The Hall–Kier alpha value is -2.72. The number of benzene rings is 1. The number of hydrogen-bond acceptors (Lipinski definition) is 5. The predicted octanol–water partition coefficient (Wildman–Crippen LogP) is 3.25. The third-order valence-electron chi connectivity index (χ3n) is 7.96. The molecule has 1 spiro atoms. The molecule has 3 N–H and O–H groups in total. The maximum absolute atomic E-state index is 13.1. The largest absolute Gasteiger partial charge is 0.351 e. The number of carbonyl (C=O) groups excluding carboxylic acids is 2. The summed E-state index contributed by atoms with van der Waals surface area (Å²) in [4.78, 5) is 30.5. The second-order valence-electron chi connectivity index (χ2n) is 10.3. The van der Waals surface area contributed by atoms with Crippen LogP contribution in [0.1, 0.15) is 63.5 Å². The quantitative estimate of drug-likeness (QED) is 0.603. The van der Waals surface area contributed by atoms with Gasteiger partial charge < -0.3 is 11.1 Å². The lowest BCUT2D eigenvalue weighted by Crippen LogP contribution is -2.50. The number of amides is 3. The minimum Gasteiger partial charge on any atom is -0.351 e. The Kier molecular flexibility index (Phi) is 7.56. The van der Waals surface area contributed by atoms with Gasteiger partial charge in [-0.1, -0.05) is 32.8 Å². The average Bonchev–Trinajstić information content (AvgIpc) is 3.18. The van der Waals surface area contributed by atoms with Crippen LogP contribution in [-0.4, -0.2) is 56.2 Å². The van der Waals surface area contributed by atoms with E-state index in [1.54, 1.807) is 25.3 Å². The highest BCUT2D eigenvalue weighted by Crippen LogP contribution is 2.36. The number of amidine groups is 1. The van der Waals surface area contributed by atoms with E-state index in [9.17, 15) is 18.0 Å². The van der Waals surface area contributed by atoms with Crippen molar-refractivity contribution in [2.24, 2.45) is 22.6 Å². The van der Waals surface area contributed by atoms with E-state index in [4.69, 9.17) is 10.7 Å². The molecule has 2 aliphatic heterocycles. The molecule has 9 nitrogen and oxygen atoms in total. The van der Waals surface area contributed by atoms with Crippen LogP contribution in [0.5, 0.6) is 0 Å². The number of nitrogens with zero attached hydrogens (tertiary/aromatic N) is 3. The van der Waals surface area contributed by atoms with Crippen LogP contribution in [0.4, 0.5) is 10.5 Å². The van der Waals surface area contributed by atoms with Gasteiger partial charge in [0.1, 0.15) is 11.4 Å². The fourth-order valence-electron chi connectivity index (χ4n) is 5.36. The van der Waals surface area contributed by atoms with Crippen LogP contribution in [0, 0.1) is 11.8 Å². The summed E-state index contributed by atoms with van der Waals surface area (Å²) in [6.07, 6.45) is 7.41. The van der Waals surface area contributed by atoms with Gasteiger partial charge in [0.2, 0.25) is 10.0 Å². The van der Waals surface area contributed by atoms with Crippen molar-refractivity contribution in [3.63, 3.8) is 0 Å². The van der Waals surface area contributed by atoms with Crippen molar-refractivity contribution >= 4 is 39.6 Å². The van der Waals surface area contributed by atoms with Gasteiger partial charge in [0.15, 0.2) is 0 Å². The van der Waals surface area contributed by atoms with Crippen LogP contribution in [-0.2, 0) is 21.2 Å². The number of rotatable bonds is 6. The van der Waals surface area contributed by atoms with Crippen LogP contribution >= 0.6 is 0 Å². The molecule has 1 aromatic rings. The van der Waals surface area contributed by atoms with Crippen LogP contribution in [0.2, 0.25) is 0 Å². The molecule has 3 amide bonds. The third kappa shape index (κ3) is 5.34. The Morgan fingerprint density at radius 1 is 1.25 bits per heavy atom. The summed E-state index contributed by atoms with van der Waals surface area (Å²) in [5.74, 6) is 1.74. The molecule has 0 unspecified atom stereocenters. The fraction of sp³-hybridized carbons (Fsp3) is 0.577.